The van der Waals surface area contributed by atoms with Gasteiger partial charge in [-0.15, -0.1) is 0 Å². The Morgan fingerprint density at radius 3 is 1.67 bits per heavy atom. The lowest BCUT2D eigenvalue weighted by Crippen LogP contribution is -2.55. The van der Waals surface area contributed by atoms with E-state index in [0.717, 1.165) is 0 Å². The quantitative estimate of drug-likeness (QED) is 0.545. The van der Waals surface area contributed by atoms with Crippen molar-refractivity contribution in [2.45, 2.75) is 51.4 Å². The zero-order chi connectivity index (χ0) is 19.7. The van der Waals surface area contributed by atoms with E-state index in [0.29, 0.717) is 0 Å². The molecule has 0 bridgehead atoms. The van der Waals surface area contributed by atoms with E-state index in [1.807, 2.05) is 0 Å². The molecule has 0 nitrogen and oxygen atoms in total. The SMILES string of the molecule is C[Si](C)(C)/C=C1\C[Si](c2ccccc2)(c2ccccc2)C=C1C[Si](C)(C)C. The third kappa shape index (κ3) is 4.89. The van der Waals surface area contributed by atoms with E-state index < -0.39 is 24.2 Å². The minimum Gasteiger partial charge on any atom is -0.0919 e. The first-order valence-corrected chi connectivity index (χ1v) is 19.7. The summed E-state index contributed by atoms with van der Waals surface area (Å²) in [6.45, 7) is 14.9. The van der Waals surface area contributed by atoms with Gasteiger partial charge in [-0.2, -0.15) is 0 Å². The van der Waals surface area contributed by atoms with Crippen LogP contribution in [-0.2, 0) is 0 Å². The summed E-state index contributed by atoms with van der Waals surface area (Å²) >= 11 is 0. The Labute approximate surface area is 169 Å². The third-order valence-electron chi connectivity index (χ3n) is 5.21. The molecule has 2 aromatic carbocycles. The molecule has 3 rings (SSSR count). The number of hydrogen-bond acceptors (Lipinski definition) is 0. The van der Waals surface area contributed by atoms with Gasteiger partial charge in [-0.1, -0.05) is 122 Å². The van der Waals surface area contributed by atoms with Gasteiger partial charge in [0.2, 0.25) is 0 Å². The first kappa shape index (κ1) is 20.3. The molecule has 0 spiro atoms. The van der Waals surface area contributed by atoms with Crippen LogP contribution in [0.3, 0.4) is 0 Å². The normalized spacial score (nSPS) is 18.6. The molecule has 0 unspecified atom stereocenters. The lowest BCUT2D eigenvalue weighted by atomic mass is 10.2. The fourth-order valence-corrected chi connectivity index (χ4v) is 12.0. The third-order valence-corrected chi connectivity index (χ3v) is 12.4. The van der Waals surface area contributed by atoms with Gasteiger partial charge in [0.1, 0.15) is 8.07 Å². The maximum atomic E-state index is 2.77. The predicted octanol–water partition coefficient (Wildman–Crippen LogP) is 5.87. The van der Waals surface area contributed by atoms with Gasteiger partial charge in [0.15, 0.2) is 0 Å². The highest BCUT2D eigenvalue weighted by atomic mass is 28.3. The summed E-state index contributed by atoms with van der Waals surface area (Å²) in [5.74, 6) is 0. The number of hydrogen-bond donors (Lipinski definition) is 0. The second-order valence-electron chi connectivity index (χ2n) is 10.3. The molecular weight excluding hydrogens is 373 g/mol. The van der Waals surface area contributed by atoms with Crippen LogP contribution in [0.1, 0.15) is 0 Å². The molecule has 0 N–H and O–H groups in total. The molecule has 0 saturated heterocycles. The number of rotatable bonds is 5. The molecule has 27 heavy (non-hydrogen) atoms. The minimum atomic E-state index is -1.90. The summed E-state index contributed by atoms with van der Waals surface area (Å²) in [4.78, 5) is 0. The topological polar surface area (TPSA) is 0 Å². The monoisotopic (exact) mass is 406 g/mol. The van der Waals surface area contributed by atoms with Gasteiger partial charge in [0.25, 0.3) is 0 Å². The molecule has 0 fully saturated rings. The summed E-state index contributed by atoms with van der Waals surface area (Å²) < 4.78 is 0. The van der Waals surface area contributed by atoms with Crippen LogP contribution >= 0.6 is 0 Å². The zero-order valence-corrected chi connectivity index (χ0v) is 20.8. The van der Waals surface area contributed by atoms with Gasteiger partial charge >= 0.3 is 0 Å². The summed E-state index contributed by atoms with van der Waals surface area (Å²) in [6, 6.07) is 25.2. The molecule has 1 heterocycles. The molecule has 3 heteroatoms. The van der Waals surface area contributed by atoms with Crippen molar-refractivity contribution in [1.82, 2.24) is 0 Å². The van der Waals surface area contributed by atoms with Crippen molar-refractivity contribution in [3.05, 3.63) is 83.2 Å². The molecule has 1 aliphatic rings. The Morgan fingerprint density at radius 1 is 0.778 bits per heavy atom. The van der Waals surface area contributed by atoms with Crippen LogP contribution in [0.4, 0.5) is 0 Å². The van der Waals surface area contributed by atoms with Crippen molar-refractivity contribution in [3.8, 4) is 0 Å². The van der Waals surface area contributed by atoms with Crippen molar-refractivity contribution in [2.24, 2.45) is 0 Å². The van der Waals surface area contributed by atoms with Crippen LogP contribution in [0.2, 0.25) is 51.4 Å². The van der Waals surface area contributed by atoms with Gasteiger partial charge in [-0.3, -0.25) is 0 Å². The largest absolute Gasteiger partial charge is 0.145 e. The minimum absolute atomic E-state index is 1.18. The second kappa shape index (κ2) is 7.53. The molecule has 142 valence electrons. The highest BCUT2D eigenvalue weighted by Gasteiger charge is 2.42. The molecule has 0 amide bonds. The molecule has 0 atom stereocenters. The Balaban J connectivity index is 2.21. The maximum absolute atomic E-state index is 2.77. The van der Waals surface area contributed by atoms with E-state index in [9.17, 15) is 0 Å². The number of benzene rings is 2. The molecule has 0 saturated carbocycles. The molecular formula is C24H34Si3. The van der Waals surface area contributed by atoms with Crippen molar-refractivity contribution in [3.63, 3.8) is 0 Å². The fourth-order valence-electron chi connectivity index (χ4n) is 4.27. The van der Waals surface area contributed by atoms with Gasteiger partial charge in [-0.25, -0.2) is 0 Å². The lowest BCUT2D eigenvalue weighted by molar-refractivity contribution is 1.32. The zero-order valence-electron chi connectivity index (χ0n) is 17.8. The van der Waals surface area contributed by atoms with E-state index in [2.05, 4.69) is 111 Å². The summed E-state index contributed by atoms with van der Waals surface area (Å²) in [6.07, 6.45) is 0. The molecule has 1 aliphatic heterocycles. The summed E-state index contributed by atoms with van der Waals surface area (Å²) in [5, 5.41) is 3.12. The predicted molar refractivity (Wildman–Crippen MR) is 130 cm³/mol. The van der Waals surface area contributed by atoms with E-state index >= 15 is 0 Å². The summed E-state index contributed by atoms with van der Waals surface area (Å²) in [5.41, 5.74) is 8.81. The smallest absolute Gasteiger partial charge is 0.0919 e. The molecule has 0 aliphatic carbocycles. The van der Waals surface area contributed by atoms with E-state index in [1.165, 1.54) is 12.1 Å². The fraction of sp³-hybridized carbons (Fsp3) is 0.333. The maximum Gasteiger partial charge on any atom is 0.145 e. The van der Waals surface area contributed by atoms with E-state index in [4.69, 9.17) is 0 Å². The standard InChI is InChI=1S/C24H34Si3/c1-25(2,3)17-21-19-27(23-13-9-7-10-14-23,24-15-11-8-12-16-24)20-22(21)18-26(4,5)6/h7-17,20H,18-19H2,1-6H3/b21-17+. The average molecular weight is 407 g/mol. The van der Waals surface area contributed by atoms with Crippen molar-refractivity contribution < 1.29 is 0 Å². The molecule has 0 aromatic heterocycles. The Kier molecular flexibility index (Phi) is 5.67. The second-order valence-corrected chi connectivity index (χ2v) is 24.6. The van der Waals surface area contributed by atoms with Gasteiger partial charge < -0.3 is 0 Å². The Hall–Kier alpha value is -1.43. The summed E-state index contributed by atoms with van der Waals surface area (Å²) in [7, 11) is -4.34. The van der Waals surface area contributed by atoms with Gasteiger partial charge in [0, 0.05) is 8.07 Å². The first-order chi connectivity index (χ1) is 12.6. The van der Waals surface area contributed by atoms with Crippen LogP contribution in [0.25, 0.3) is 0 Å². The van der Waals surface area contributed by atoms with Crippen LogP contribution < -0.4 is 10.4 Å². The average Bonchev–Trinajstić information content (AvgIpc) is 2.92. The van der Waals surface area contributed by atoms with Gasteiger partial charge in [-0.05, 0) is 22.5 Å². The lowest BCUT2D eigenvalue weighted by Gasteiger charge is -2.27. The van der Waals surface area contributed by atoms with Crippen LogP contribution in [-0.4, -0.2) is 24.2 Å². The highest BCUT2D eigenvalue weighted by Crippen LogP contribution is 2.38. The van der Waals surface area contributed by atoms with Gasteiger partial charge in [0.05, 0.1) is 8.07 Å². The van der Waals surface area contributed by atoms with Crippen LogP contribution in [0.15, 0.2) is 83.2 Å². The molecule has 0 radical (unpaired) electrons. The van der Waals surface area contributed by atoms with Crippen molar-refractivity contribution >= 4 is 34.6 Å². The Bertz CT molecular complexity index is 795. The van der Waals surface area contributed by atoms with E-state index in [-0.39, 0.29) is 0 Å². The number of allylic oxidation sites excluding steroid dienone is 2. The van der Waals surface area contributed by atoms with Crippen LogP contribution in [0, 0.1) is 0 Å². The first-order valence-electron chi connectivity index (χ1n) is 10.1. The molecule has 2 aromatic rings. The Morgan fingerprint density at radius 2 is 1.26 bits per heavy atom. The highest BCUT2D eigenvalue weighted by molar-refractivity contribution is 7.07. The van der Waals surface area contributed by atoms with Crippen molar-refractivity contribution in [2.75, 3.05) is 0 Å². The van der Waals surface area contributed by atoms with Crippen molar-refractivity contribution in [1.29, 1.82) is 0 Å². The van der Waals surface area contributed by atoms with Crippen LogP contribution in [0.5, 0.6) is 0 Å². The van der Waals surface area contributed by atoms with E-state index in [1.54, 1.807) is 21.5 Å².